The minimum atomic E-state index is 0.0908. The molecule has 0 aliphatic carbocycles. The number of aromatic nitrogens is 2. The van der Waals surface area contributed by atoms with Gasteiger partial charge >= 0.3 is 0 Å². The number of nitrogens with zero attached hydrogens (tertiary/aromatic N) is 2. The van der Waals surface area contributed by atoms with Crippen LogP contribution in [-0.4, -0.2) is 29.0 Å². The lowest BCUT2D eigenvalue weighted by Crippen LogP contribution is -2.28. The maximum Gasteiger partial charge on any atom is 0.220 e. The van der Waals surface area contributed by atoms with Crippen molar-refractivity contribution in [2.45, 2.75) is 26.2 Å². The average Bonchev–Trinajstić information content (AvgIpc) is 2.54. The Morgan fingerprint density at radius 1 is 1.14 bits per heavy atom. The van der Waals surface area contributed by atoms with Crippen LogP contribution in [0.4, 0.5) is 5.82 Å². The van der Waals surface area contributed by atoms with Crippen LogP contribution >= 0.6 is 0 Å². The van der Waals surface area contributed by atoms with Crippen LogP contribution < -0.4 is 10.6 Å². The zero-order chi connectivity index (χ0) is 15.6. The predicted molar refractivity (Wildman–Crippen MR) is 87.6 cm³/mol. The third-order valence-corrected chi connectivity index (χ3v) is 3.31. The van der Waals surface area contributed by atoms with E-state index < -0.39 is 0 Å². The Bertz CT molecular complexity index is 569. The number of carbonyl (C=O) groups is 1. The standard InChI is InChI=1S/C17H22N4O/c1-14-5-7-15(8-6-14)3-2-4-17(22)21-12-11-20-16-13-18-9-10-19-16/h5-10,13H,2-4,11-12H2,1H3,(H,19,20)(H,21,22). The van der Waals surface area contributed by atoms with E-state index in [0.717, 1.165) is 18.7 Å². The van der Waals surface area contributed by atoms with Crippen molar-refractivity contribution in [1.82, 2.24) is 15.3 Å². The van der Waals surface area contributed by atoms with Crippen molar-refractivity contribution in [3.05, 3.63) is 54.0 Å². The van der Waals surface area contributed by atoms with Crippen LogP contribution in [-0.2, 0) is 11.2 Å². The Balaban J connectivity index is 1.55. The Hall–Kier alpha value is -2.43. The molecule has 0 aliphatic heterocycles. The lowest BCUT2D eigenvalue weighted by atomic mass is 10.1. The Morgan fingerprint density at radius 2 is 1.95 bits per heavy atom. The summed E-state index contributed by atoms with van der Waals surface area (Å²) >= 11 is 0. The number of nitrogens with one attached hydrogen (secondary N) is 2. The maximum atomic E-state index is 11.7. The summed E-state index contributed by atoms with van der Waals surface area (Å²) in [7, 11) is 0. The SMILES string of the molecule is Cc1ccc(CCCC(=O)NCCNc2cnccn2)cc1. The lowest BCUT2D eigenvalue weighted by molar-refractivity contribution is -0.121. The van der Waals surface area contributed by atoms with Gasteiger partial charge in [0.25, 0.3) is 0 Å². The number of hydrogen-bond acceptors (Lipinski definition) is 4. The molecule has 0 atom stereocenters. The summed E-state index contributed by atoms with van der Waals surface area (Å²) in [4.78, 5) is 19.8. The van der Waals surface area contributed by atoms with E-state index >= 15 is 0 Å². The second-order valence-corrected chi connectivity index (χ2v) is 5.21. The van der Waals surface area contributed by atoms with E-state index in [-0.39, 0.29) is 5.91 Å². The van der Waals surface area contributed by atoms with Gasteiger partial charge in [0.1, 0.15) is 5.82 Å². The molecule has 5 nitrogen and oxygen atoms in total. The summed E-state index contributed by atoms with van der Waals surface area (Å²) in [5.74, 6) is 0.809. The summed E-state index contributed by atoms with van der Waals surface area (Å²) in [6, 6.07) is 8.46. The van der Waals surface area contributed by atoms with Crippen molar-refractivity contribution in [1.29, 1.82) is 0 Å². The molecule has 1 aromatic heterocycles. The first-order valence-corrected chi connectivity index (χ1v) is 7.56. The highest BCUT2D eigenvalue weighted by atomic mass is 16.1. The van der Waals surface area contributed by atoms with E-state index in [0.29, 0.717) is 19.5 Å². The van der Waals surface area contributed by atoms with Crippen LogP contribution in [0.5, 0.6) is 0 Å². The van der Waals surface area contributed by atoms with Gasteiger partial charge in [-0.1, -0.05) is 29.8 Å². The summed E-state index contributed by atoms with van der Waals surface area (Å²) in [5, 5.41) is 6.00. The van der Waals surface area contributed by atoms with Gasteiger partial charge in [-0.25, -0.2) is 4.98 Å². The Morgan fingerprint density at radius 3 is 2.68 bits per heavy atom. The zero-order valence-corrected chi connectivity index (χ0v) is 12.9. The molecule has 5 heteroatoms. The minimum Gasteiger partial charge on any atom is -0.367 e. The first-order valence-electron chi connectivity index (χ1n) is 7.56. The van der Waals surface area contributed by atoms with Gasteiger partial charge in [-0.15, -0.1) is 0 Å². The summed E-state index contributed by atoms with van der Waals surface area (Å²) < 4.78 is 0. The van der Waals surface area contributed by atoms with Crippen molar-refractivity contribution in [2.75, 3.05) is 18.4 Å². The normalized spacial score (nSPS) is 10.2. The van der Waals surface area contributed by atoms with E-state index in [1.54, 1.807) is 18.6 Å². The van der Waals surface area contributed by atoms with Crippen molar-refractivity contribution in [2.24, 2.45) is 0 Å². The Labute approximate surface area is 131 Å². The second-order valence-electron chi connectivity index (χ2n) is 5.21. The molecule has 0 unspecified atom stereocenters. The van der Waals surface area contributed by atoms with Gasteiger partial charge in [-0.05, 0) is 25.3 Å². The molecule has 0 spiro atoms. The highest BCUT2D eigenvalue weighted by Gasteiger charge is 2.01. The van der Waals surface area contributed by atoms with Crippen molar-refractivity contribution < 1.29 is 4.79 Å². The first-order chi connectivity index (χ1) is 10.7. The third kappa shape index (κ3) is 5.91. The molecule has 2 aromatic rings. The van der Waals surface area contributed by atoms with Crippen LogP contribution in [0, 0.1) is 6.92 Å². The zero-order valence-electron chi connectivity index (χ0n) is 12.9. The van der Waals surface area contributed by atoms with E-state index in [1.807, 2.05) is 0 Å². The van der Waals surface area contributed by atoms with E-state index in [1.165, 1.54) is 11.1 Å². The van der Waals surface area contributed by atoms with Crippen LogP contribution in [0.2, 0.25) is 0 Å². The third-order valence-electron chi connectivity index (χ3n) is 3.31. The lowest BCUT2D eigenvalue weighted by Gasteiger charge is -2.07. The molecule has 1 aromatic carbocycles. The number of aryl methyl sites for hydroxylation is 2. The number of rotatable bonds is 8. The molecule has 1 heterocycles. The van der Waals surface area contributed by atoms with Gasteiger partial charge in [0.05, 0.1) is 6.20 Å². The topological polar surface area (TPSA) is 66.9 Å². The Kier molecular flexibility index (Phi) is 6.36. The molecule has 2 rings (SSSR count). The van der Waals surface area contributed by atoms with E-state index in [4.69, 9.17) is 0 Å². The van der Waals surface area contributed by atoms with Gasteiger partial charge < -0.3 is 10.6 Å². The molecule has 2 N–H and O–H groups in total. The van der Waals surface area contributed by atoms with E-state index in [9.17, 15) is 4.79 Å². The van der Waals surface area contributed by atoms with Gasteiger partial charge in [-0.2, -0.15) is 0 Å². The fourth-order valence-corrected chi connectivity index (χ4v) is 2.08. The summed E-state index contributed by atoms with van der Waals surface area (Å²) in [6.45, 7) is 3.30. The number of anilines is 1. The van der Waals surface area contributed by atoms with Crippen LogP contribution in [0.25, 0.3) is 0 Å². The van der Waals surface area contributed by atoms with Crippen molar-refractivity contribution in [3.8, 4) is 0 Å². The summed E-state index contributed by atoms with van der Waals surface area (Å²) in [5.41, 5.74) is 2.54. The van der Waals surface area contributed by atoms with Crippen LogP contribution in [0.15, 0.2) is 42.9 Å². The molecule has 116 valence electrons. The van der Waals surface area contributed by atoms with Crippen molar-refractivity contribution in [3.63, 3.8) is 0 Å². The molecule has 0 saturated heterocycles. The van der Waals surface area contributed by atoms with Gasteiger partial charge in [-0.3, -0.25) is 9.78 Å². The highest BCUT2D eigenvalue weighted by Crippen LogP contribution is 2.07. The minimum absolute atomic E-state index is 0.0908. The molecular weight excluding hydrogens is 276 g/mol. The highest BCUT2D eigenvalue weighted by molar-refractivity contribution is 5.75. The molecular formula is C17H22N4O. The number of benzene rings is 1. The molecule has 0 fully saturated rings. The smallest absolute Gasteiger partial charge is 0.220 e. The fraction of sp³-hybridized carbons (Fsp3) is 0.353. The number of carbonyl (C=O) groups excluding carboxylic acids is 1. The number of hydrogen-bond donors (Lipinski definition) is 2. The van der Waals surface area contributed by atoms with Crippen LogP contribution in [0.3, 0.4) is 0 Å². The second kappa shape index (κ2) is 8.77. The fourth-order valence-electron chi connectivity index (χ4n) is 2.08. The van der Waals surface area contributed by atoms with Gasteiger partial charge in [0.15, 0.2) is 0 Å². The molecule has 22 heavy (non-hydrogen) atoms. The first kappa shape index (κ1) is 15.9. The quantitative estimate of drug-likeness (QED) is 0.734. The van der Waals surface area contributed by atoms with E-state index in [2.05, 4.69) is 51.8 Å². The molecule has 0 saturated carbocycles. The molecule has 0 radical (unpaired) electrons. The molecule has 0 aliphatic rings. The molecule has 0 bridgehead atoms. The van der Waals surface area contributed by atoms with Crippen molar-refractivity contribution >= 4 is 11.7 Å². The maximum absolute atomic E-state index is 11.7. The van der Waals surface area contributed by atoms with Crippen LogP contribution in [0.1, 0.15) is 24.0 Å². The van der Waals surface area contributed by atoms with Gasteiger partial charge in [0, 0.05) is 31.9 Å². The summed E-state index contributed by atoms with van der Waals surface area (Å²) in [6.07, 6.45) is 7.27. The van der Waals surface area contributed by atoms with Gasteiger partial charge in [0.2, 0.25) is 5.91 Å². The number of amides is 1. The largest absolute Gasteiger partial charge is 0.367 e. The predicted octanol–water partition coefficient (Wildman–Crippen LogP) is 2.34. The molecule has 1 amide bonds. The monoisotopic (exact) mass is 298 g/mol. The average molecular weight is 298 g/mol.